The molecule has 0 saturated carbocycles. The van der Waals surface area contributed by atoms with Gasteiger partial charge in [0.25, 0.3) is 0 Å². The molecule has 23 heavy (non-hydrogen) atoms. The van der Waals surface area contributed by atoms with E-state index in [0.717, 1.165) is 53.1 Å². The number of rotatable bonds is 16. The first-order valence-electron chi connectivity index (χ1n) is 7.74. The van der Waals surface area contributed by atoms with Crippen LogP contribution in [-0.4, -0.2) is 61.1 Å². The molecule has 0 aromatic heterocycles. The Morgan fingerprint density at radius 3 is 1.87 bits per heavy atom. The molecule has 0 fully saturated rings. The summed E-state index contributed by atoms with van der Waals surface area (Å²) in [6.07, 6.45) is 3.48. The minimum atomic E-state index is -3.76. The Balaban J connectivity index is 3.62. The van der Waals surface area contributed by atoms with Crippen molar-refractivity contribution < 1.29 is 22.0 Å². The van der Waals surface area contributed by atoms with Crippen molar-refractivity contribution in [3.05, 3.63) is 0 Å². The molecule has 9 nitrogen and oxygen atoms in total. The summed E-state index contributed by atoms with van der Waals surface area (Å²) in [7, 11) is -5.21. The van der Waals surface area contributed by atoms with Gasteiger partial charge in [0.2, 0.25) is 10.0 Å². The summed E-state index contributed by atoms with van der Waals surface area (Å²) in [6, 6.07) is 0. The van der Waals surface area contributed by atoms with E-state index >= 15 is 0 Å². The van der Waals surface area contributed by atoms with Crippen molar-refractivity contribution in [3.8, 4) is 0 Å². The molecule has 0 aromatic rings. The summed E-state index contributed by atoms with van der Waals surface area (Å²) in [5.41, 5.74) is 5.39. The Morgan fingerprint density at radius 2 is 1.39 bits per heavy atom. The molecule has 0 atom stereocenters. The van der Waals surface area contributed by atoms with Crippen LogP contribution in [0.25, 0.3) is 0 Å². The fraction of sp³-hybridized carbons (Fsp3) is 1.00. The van der Waals surface area contributed by atoms with Crippen molar-refractivity contribution in [2.24, 2.45) is 5.73 Å². The third-order valence-electron chi connectivity index (χ3n) is 3.01. The van der Waals surface area contributed by atoms with E-state index < -0.39 is 17.8 Å². The molecule has 0 aliphatic heterocycles. The molecule has 0 unspecified atom stereocenters. The first kappa shape index (κ1) is 22.9. The molecular formula is C12H31N4O5PS. The molecule has 0 spiro atoms. The standard InChI is InChI=1S/C12H31N4O5PS/c1-20-22(17,21-2)16-23(18,19)12-6-11-15-9-4-3-8-14-10-5-7-13/h14-15H,3-13H2,1-2H3,(H,16,17). The zero-order chi connectivity index (χ0) is 17.6. The van der Waals surface area contributed by atoms with Crippen LogP contribution in [0, 0.1) is 0 Å². The van der Waals surface area contributed by atoms with Gasteiger partial charge in [-0.1, -0.05) is 0 Å². The Kier molecular flexibility index (Phi) is 13.2. The molecule has 0 bridgehead atoms. The molecule has 0 aliphatic rings. The van der Waals surface area contributed by atoms with Crippen molar-refractivity contribution in [2.45, 2.75) is 25.7 Å². The third-order valence-corrected chi connectivity index (χ3v) is 6.81. The van der Waals surface area contributed by atoms with E-state index in [0.29, 0.717) is 19.5 Å². The van der Waals surface area contributed by atoms with Crippen LogP contribution in [0.5, 0.6) is 0 Å². The molecule has 0 aliphatic carbocycles. The van der Waals surface area contributed by atoms with Crippen LogP contribution in [0.1, 0.15) is 25.7 Å². The minimum absolute atomic E-state index is 0.142. The number of nitrogens with one attached hydrogen (secondary N) is 3. The first-order chi connectivity index (χ1) is 10.9. The highest BCUT2D eigenvalue weighted by Gasteiger charge is 2.28. The van der Waals surface area contributed by atoms with E-state index in [1.807, 2.05) is 4.49 Å². The minimum Gasteiger partial charge on any atom is -0.330 e. The van der Waals surface area contributed by atoms with Crippen LogP contribution in [0.4, 0.5) is 0 Å². The first-order valence-corrected chi connectivity index (χ1v) is 10.9. The smallest absolute Gasteiger partial charge is 0.330 e. The topological polar surface area (TPSA) is 132 Å². The van der Waals surface area contributed by atoms with Gasteiger partial charge in [-0.25, -0.2) is 13.0 Å². The van der Waals surface area contributed by atoms with E-state index in [9.17, 15) is 13.0 Å². The summed E-state index contributed by atoms with van der Waals surface area (Å²) in [5, 5.41) is 6.47. The van der Waals surface area contributed by atoms with Crippen LogP contribution < -0.4 is 20.9 Å². The van der Waals surface area contributed by atoms with Crippen LogP contribution in [0.15, 0.2) is 0 Å². The number of hydrogen-bond donors (Lipinski definition) is 4. The van der Waals surface area contributed by atoms with Crippen molar-refractivity contribution >= 4 is 17.8 Å². The summed E-state index contributed by atoms with van der Waals surface area (Å²) in [4.78, 5) is 0. The van der Waals surface area contributed by atoms with Crippen molar-refractivity contribution in [3.63, 3.8) is 0 Å². The van der Waals surface area contributed by atoms with Gasteiger partial charge in [0.15, 0.2) is 0 Å². The largest absolute Gasteiger partial charge is 0.418 e. The van der Waals surface area contributed by atoms with Crippen LogP contribution in [0.3, 0.4) is 0 Å². The van der Waals surface area contributed by atoms with Gasteiger partial charge in [-0.05, 0) is 58.4 Å². The number of nitrogens with two attached hydrogens (primary N) is 1. The van der Waals surface area contributed by atoms with Gasteiger partial charge < -0.3 is 16.4 Å². The second-order valence-electron chi connectivity index (χ2n) is 4.98. The lowest BCUT2D eigenvalue weighted by atomic mass is 10.3. The molecular weight excluding hydrogens is 343 g/mol. The summed E-state index contributed by atoms with van der Waals surface area (Å²) < 4.78 is 46.2. The van der Waals surface area contributed by atoms with Crippen molar-refractivity contribution in [1.29, 1.82) is 0 Å². The maximum atomic E-state index is 11.7. The van der Waals surface area contributed by atoms with Gasteiger partial charge in [-0.2, -0.15) is 0 Å². The molecule has 0 saturated heterocycles. The zero-order valence-corrected chi connectivity index (χ0v) is 15.8. The Morgan fingerprint density at radius 1 is 0.913 bits per heavy atom. The van der Waals surface area contributed by atoms with E-state index in [1.54, 1.807) is 0 Å². The summed E-state index contributed by atoms with van der Waals surface area (Å²) in [6.45, 7) is 4.02. The quantitative estimate of drug-likeness (QED) is 0.219. The Labute approximate surface area is 139 Å². The highest BCUT2D eigenvalue weighted by molar-refractivity contribution is 7.94. The fourth-order valence-electron chi connectivity index (χ4n) is 1.73. The van der Waals surface area contributed by atoms with Crippen molar-refractivity contribution in [1.82, 2.24) is 15.1 Å². The lowest BCUT2D eigenvalue weighted by molar-refractivity contribution is 0.272. The molecule has 140 valence electrons. The molecule has 0 heterocycles. The second-order valence-corrected chi connectivity index (χ2v) is 9.07. The SMILES string of the molecule is COP(=O)(NS(=O)(=O)CCCNCCCCNCCCN)OC. The predicted molar refractivity (Wildman–Crippen MR) is 91.8 cm³/mol. The van der Waals surface area contributed by atoms with Gasteiger partial charge in [0.1, 0.15) is 0 Å². The van der Waals surface area contributed by atoms with Gasteiger partial charge in [-0.15, -0.1) is 4.49 Å². The highest BCUT2D eigenvalue weighted by atomic mass is 32.2. The summed E-state index contributed by atoms with van der Waals surface area (Å²) in [5.74, 6) is -0.142. The molecule has 11 heteroatoms. The van der Waals surface area contributed by atoms with Crippen LogP contribution in [-0.2, 0) is 23.6 Å². The maximum Gasteiger partial charge on any atom is 0.418 e. The molecule has 0 radical (unpaired) electrons. The predicted octanol–water partition coefficient (Wildman–Crippen LogP) is 0.00500. The van der Waals surface area contributed by atoms with E-state index in [-0.39, 0.29) is 5.75 Å². The van der Waals surface area contributed by atoms with Crippen LogP contribution in [0.2, 0.25) is 0 Å². The average molecular weight is 374 g/mol. The molecule has 0 aromatic carbocycles. The number of sulfonamides is 1. The Hall–Kier alpha value is -0.0600. The molecule has 5 N–H and O–H groups in total. The highest BCUT2D eigenvalue weighted by Crippen LogP contribution is 2.42. The maximum absolute atomic E-state index is 11.7. The third kappa shape index (κ3) is 13.0. The fourth-order valence-corrected chi connectivity index (χ4v) is 4.73. The number of hydrogen-bond acceptors (Lipinski definition) is 8. The number of unbranched alkanes of at least 4 members (excludes halogenated alkanes) is 1. The zero-order valence-electron chi connectivity index (χ0n) is 14.0. The second kappa shape index (κ2) is 13.3. The van der Waals surface area contributed by atoms with Crippen LogP contribution >= 0.6 is 7.75 Å². The van der Waals surface area contributed by atoms with Crippen molar-refractivity contribution in [2.75, 3.05) is 52.7 Å². The van der Waals surface area contributed by atoms with E-state index in [1.165, 1.54) is 0 Å². The van der Waals surface area contributed by atoms with E-state index in [4.69, 9.17) is 5.73 Å². The van der Waals surface area contributed by atoms with E-state index in [2.05, 4.69) is 19.7 Å². The monoisotopic (exact) mass is 374 g/mol. The average Bonchev–Trinajstić information content (AvgIpc) is 2.52. The van der Waals surface area contributed by atoms with Gasteiger partial charge >= 0.3 is 7.75 Å². The summed E-state index contributed by atoms with van der Waals surface area (Å²) >= 11 is 0. The Bertz CT molecular complexity index is 427. The van der Waals surface area contributed by atoms with Gasteiger partial charge in [0.05, 0.1) is 5.75 Å². The lowest BCUT2D eigenvalue weighted by Crippen LogP contribution is -2.27. The van der Waals surface area contributed by atoms with Gasteiger partial charge in [-0.3, -0.25) is 9.05 Å². The molecule has 0 amide bonds. The normalized spacial score (nSPS) is 12.7. The van der Waals surface area contributed by atoms with Gasteiger partial charge in [0, 0.05) is 14.2 Å². The molecule has 0 rings (SSSR count). The lowest BCUT2D eigenvalue weighted by Gasteiger charge is -2.14.